The van der Waals surface area contributed by atoms with Crippen molar-refractivity contribution in [2.45, 2.75) is 31.8 Å². The lowest BCUT2D eigenvalue weighted by atomic mass is 10.1. The first-order valence-electron chi connectivity index (χ1n) is 7.68. The molecule has 1 N–H and O–H groups in total. The summed E-state index contributed by atoms with van der Waals surface area (Å²) in [5.74, 6) is 1.68. The molecular weight excluding hydrogens is 268 g/mol. The van der Waals surface area contributed by atoms with E-state index in [1.165, 1.54) is 24.0 Å². The van der Waals surface area contributed by atoms with Crippen molar-refractivity contribution in [3.63, 3.8) is 0 Å². The van der Waals surface area contributed by atoms with Crippen LogP contribution in [0.15, 0.2) is 24.3 Å². The van der Waals surface area contributed by atoms with Crippen LogP contribution in [-0.4, -0.2) is 46.3 Å². The Morgan fingerprint density at radius 3 is 2.40 bits per heavy atom. The van der Waals surface area contributed by atoms with Crippen LogP contribution >= 0.6 is 0 Å². The molecule has 1 saturated carbocycles. The molecule has 0 aromatic heterocycles. The monoisotopic (exact) mass is 292 g/mol. The van der Waals surface area contributed by atoms with E-state index in [0.717, 1.165) is 50.1 Å². The summed E-state index contributed by atoms with van der Waals surface area (Å²) in [5.41, 5.74) is 2.79. The van der Waals surface area contributed by atoms with Gasteiger partial charge in [-0.1, -0.05) is 24.3 Å². The fourth-order valence-corrected chi connectivity index (χ4v) is 3.74. The fourth-order valence-electron chi connectivity index (χ4n) is 2.61. The summed E-state index contributed by atoms with van der Waals surface area (Å²) in [6.45, 7) is 4.04. The lowest BCUT2D eigenvalue weighted by Crippen LogP contribution is -2.37. The van der Waals surface area contributed by atoms with Crippen LogP contribution in [0.3, 0.4) is 0 Å². The van der Waals surface area contributed by atoms with E-state index in [-0.39, 0.29) is 0 Å². The highest BCUT2D eigenvalue weighted by atomic mass is 32.2. The molecule has 1 aliphatic carbocycles. The Kier molecular flexibility index (Phi) is 4.86. The van der Waals surface area contributed by atoms with E-state index in [9.17, 15) is 4.21 Å². The first kappa shape index (κ1) is 14.2. The van der Waals surface area contributed by atoms with Crippen molar-refractivity contribution >= 4 is 10.8 Å². The molecule has 2 aliphatic rings. The molecule has 1 saturated heterocycles. The molecule has 2 fully saturated rings. The highest BCUT2D eigenvalue weighted by molar-refractivity contribution is 7.85. The van der Waals surface area contributed by atoms with Gasteiger partial charge in [-0.3, -0.25) is 9.11 Å². The largest absolute Gasteiger partial charge is 0.314 e. The SMILES string of the molecule is O=S1CCN(Cc2ccc(CCNC3CC3)cc2)CC1. The van der Waals surface area contributed by atoms with Gasteiger partial charge in [0.15, 0.2) is 0 Å². The van der Waals surface area contributed by atoms with Crippen LogP contribution in [0, 0.1) is 0 Å². The average molecular weight is 292 g/mol. The summed E-state index contributed by atoms with van der Waals surface area (Å²) < 4.78 is 11.3. The minimum atomic E-state index is -0.574. The van der Waals surface area contributed by atoms with Crippen LogP contribution < -0.4 is 5.32 Å². The van der Waals surface area contributed by atoms with E-state index in [4.69, 9.17) is 0 Å². The Hall–Kier alpha value is -0.710. The molecule has 3 nitrogen and oxygen atoms in total. The quantitative estimate of drug-likeness (QED) is 0.863. The molecule has 1 heterocycles. The van der Waals surface area contributed by atoms with Crippen molar-refractivity contribution in [2.75, 3.05) is 31.1 Å². The summed E-state index contributed by atoms with van der Waals surface area (Å²) in [6, 6.07) is 9.81. The lowest BCUT2D eigenvalue weighted by Gasteiger charge is -2.26. The van der Waals surface area contributed by atoms with Gasteiger partial charge in [-0.25, -0.2) is 0 Å². The summed E-state index contributed by atoms with van der Waals surface area (Å²) in [4.78, 5) is 2.41. The Morgan fingerprint density at radius 2 is 1.75 bits per heavy atom. The maximum atomic E-state index is 11.3. The lowest BCUT2D eigenvalue weighted by molar-refractivity contribution is 0.291. The van der Waals surface area contributed by atoms with Gasteiger partial charge in [0.25, 0.3) is 0 Å². The Bertz CT molecular complexity index is 446. The van der Waals surface area contributed by atoms with E-state index in [0.29, 0.717) is 0 Å². The Balaban J connectivity index is 1.44. The molecule has 20 heavy (non-hydrogen) atoms. The van der Waals surface area contributed by atoms with Gasteiger partial charge in [-0.15, -0.1) is 0 Å². The second-order valence-electron chi connectivity index (χ2n) is 5.92. The van der Waals surface area contributed by atoms with Gasteiger partial charge in [0.05, 0.1) is 0 Å². The summed E-state index contributed by atoms with van der Waals surface area (Å²) >= 11 is 0. The van der Waals surface area contributed by atoms with Crippen molar-refractivity contribution in [3.8, 4) is 0 Å². The third-order valence-electron chi connectivity index (χ3n) is 4.12. The van der Waals surface area contributed by atoms with Crippen molar-refractivity contribution in [1.82, 2.24) is 10.2 Å². The highest BCUT2D eigenvalue weighted by Gasteiger charge is 2.19. The predicted molar refractivity (Wildman–Crippen MR) is 84.3 cm³/mol. The molecule has 1 aromatic carbocycles. The summed E-state index contributed by atoms with van der Waals surface area (Å²) in [7, 11) is -0.574. The number of nitrogens with one attached hydrogen (secondary N) is 1. The number of rotatable bonds is 6. The summed E-state index contributed by atoms with van der Waals surface area (Å²) in [6.07, 6.45) is 3.85. The van der Waals surface area contributed by atoms with Gasteiger partial charge in [0.2, 0.25) is 0 Å². The molecule has 3 rings (SSSR count). The van der Waals surface area contributed by atoms with E-state index >= 15 is 0 Å². The van der Waals surface area contributed by atoms with E-state index in [1.807, 2.05) is 0 Å². The molecule has 1 aliphatic heterocycles. The molecule has 0 atom stereocenters. The van der Waals surface area contributed by atoms with Crippen LogP contribution in [0.1, 0.15) is 24.0 Å². The average Bonchev–Trinajstić information content (AvgIpc) is 3.28. The maximum absolute atomic E-state index is 11.3. The number of hydrogen-bond acceptors (Lipinski definition) is 3. The van der Waals surface area contributed by atoms with Crippen LogP contribution in [-0.2, 0) is 23.8 Å². The van der Waals surface area contributed by atoms with Crippen molar-refractivity contribution < 1.29 is 4.21 Å². The summed E-state index contributed by atoms with van der Waals surface area (Å²) in [5, 5.41) is 3.55. The standard InChI is InChI=1S/C16H24N2OS/c19-20-11-9-18(10-12-20)13-15-3-1-14(2-4-15)7-8-17-16-5-6-16/h1-4,16-17H,5-13H2. The molecule has 0 amide bonds. The first-order chi connectivity index (χ1) is 9.79. The molecular formula is C16H24N2OS. The topological polar surface area (TPSA) is 32.3 Å². The number of nitrogens with zero attached hydrogens (tertiary/aromatic N) is 1. The molecule has 0 spiro atoms. The van der Waals surface area contributed by atoms with Crippen molar-refractivity contribution in [3.05, 3.63) is 35.4 Å². The Morgan fingerprint density at radius 1 is 1.10 bits per heavy atom. The maximum Gasteiger partial charge on any atom is 0.0363 e. The van der Waals surface area contributed by atoms with Gasteiger partial charge in [0, 0.05) is 48.0 Å². The van der Waals surface area contributed by atoms with E-state index in [1.54, 1.807) is 0 Å². The Labute approximate surface area is 124 Å². The first-order valence-corrected chi connectivity index (χ1v) is 9.17. The zero-order valence-electron chi connectivity index (χ0n) is 12.0. The fraction of sp³-hybridized carbons (Fsp3) is 0.625. The second-order valence-corrected chi connectivity index (χ2v) is 7.62. The van der Waals surface area contributed by atoms with Gasteiger partial charge in [-0.05, 0) is 36.9 Å². The zero-order valence-corrected chi connectivity index (χ0v) is 12.8. The van der Waals surface area contributed by atoms with Gasteiger partial charge in [-0.2, -0.15) is 0 Å². The normalized spacial score (nSPS) is 21.2. The molecule has 0 bridgehead atoms. The van der Waals surface area contributed by atoms with Crippen LogP contribution in [0.25, 0.3) is 0 Å². The van der Waals surface area contributed by atoms with E-state index < -0.39 is 10.8 Å². The van der Waals surface area contributed by atoms with Crippen LogP contribution in [0.4, 0.5) is 0 Å². The van der Waals surface area contributed by atoms with Crippen molar-refractivity contribution in [1.29, 1.82) is 0 Å². The van der Waals surface area contributed by atoms with E-state index in [2.05, 4.69) is 34.5 Å². The second kappa shape index (κ2) is 6.83. The third-order valence-corrected chi connectivity index (χ3v) is 5.40. The number of benzene rings is 1. The molecule has 0 unspecified atom stereocenters. The van der Waals surface area contributed by atoms with Gasteiger partial charge in [0.1, 0.15) is 0 Å². The van der Waals surface area contributed by atoms with Crippen LogP contribution in [0.5, 0.6) is 0 Å². The van der Waals surface area contributed by atoms with Crippen molar-refractivity contribution in [2.24, 2.45) is 0 Å². The molecule has 4 heteroatoms. The van der Waals surface area contributed by atoms with Gasteiger partial charge < -0.3 is 5.32 Å². The molecule has 0 radical (unpaired) electrons. The number of hydrogen-bond donors (Lipinski definition) is 1. The van der Waals surface area contributed by atoms with Gasteiger partial charge >= 0.3 is 0 Å². The zero-order chi connectivity index (χ0) is 13.8. The molecule has 110 valence electrons. The predicted octanol–water partition coefficient (Wildman–Crippen LogP) is 1.55. The minimum absolute atomic E-state index is 0.574. The molecule has 1 aromatic rings. The highest BCUT2D eigenvalue weighted by Crippen LogP contribution is 2.18. The third kappa shape index (κ3) is 4.40. The van der Waals surface area contributed by atoms with Crippen LogP contribution in [0.2, 0.25) is 0 Å². The smallest absolute Gasteiger partial charge is 0.0363 e. The minimum Gasteiger partial charge on any atom is -0.314 e.